The molecule has 0 atom stereocenters. The molecule has 4 N–H and O–H groups in total. The maximum Gasteiger partial charge on any atom is 1.00 e. The van der Waals surface area contributed by atoms with Crippen LogP contribution in [0, 0.1) is 0 Å². The van der Waals surface area contributed by atoms with Gasteiger partial charge in [0.2, 0.25) is 0 Å². The number of nitrogen functional groups attached to an aromatic ring is 2. The van der Waals surface area contributed by atoms with Crippen LogP contribution in [0.4, 0.5) is 11.4 Å². The van der Waals surface area contributed by atoms with Gasteiger partial charge in [-0.25, -0.2) is 8.42 Å². The Balaban J connectivity index is 0.00000220. The molecule has 104 valence electrons. The van der Waals surface area contributed by atoms with E-state index in [1.165, 1.54) is 18.2 Å². The molecule has 0 bridgehead atoms. The zero-order valence-electron chi connectivity index (χ0n) is 11.5. The number of hydrogen-bond donors (Lipinski definition) is 2. The molecule has 2 aromatic carbocycles. The van der Waals surface area contributed by atoms with Crippen molar-refractivity contribution in [3.8, 4) is 0 Å². The third-order valence-corrected chi connectivity index (χ3v) is 3.74. The maximum atomic E-state index is 11.3. The predicted molar refractivity (Wildman–Crippen MR) is 78.6 cm³/mol. The van der Waals surface area contributed by atoms with Crippen molar-refractivity contribution in [3.63, 3.8) is 0 Å². The molecule has 0 saturated heterocycles. The van der Waals surface area contributed by atoms with Crippen LogP contribution in [-0.2, 0) is 10.1 Å². The van der Waals surface area contributed by atoms with Gasteiger partial charge < -0.3 is 16.0 Å². The molecular formula is C14H13N2NaO3S. The molecular weight excluding hydrogens is 299 g/mol. The third-order valence-electron chi connectivity index (χ3n) is 2.76. The molecule has 2 aromatic rings. The standard InChI is InChI=1S/C14H14N2O3S.Na/c15-12-6-2-1-4-10(12)8-9-11-5-3-7-13(16)14(11)20(17,18)19;/h1-9H,15-16H2,(H,17,18,19);/q;+1/p-1/b9-8+;. The van der Waals surface area contributed by atoms with Gasteiger partial charge in [0.25, 0.3) is 0 Å². The van der Waals surface area contributed by atoms with Crippen molar-refractivity contribution in [2.45, 2.75) is 4.90 Å². The van der Waals surface area contributed by atoms with Crippen molar-refractivity contribution in [3.05, 3.63) is 53.6 Å². The van der Waals surface area contributed by atoms with Gasteiger partial charge in [0, 0.05) is 11.4 Å². The predicted octanol–water partition coefficient (Wildman–Crippen LogP) is -1.07. The summed E-state index contributed by atoms with van der Waals surface area (Å²) in [4.78, 5) is -0.411. The monoisotopic (exact) mass is 312 g/mol. The van der Waals surface area contributed by atoms with Gasteiger partial charge in [-0.05, 0) is 23.3 Å². The van der Waals surface area contributed by atoms with Crippen molar-refractivity contribution in [2.75, 3.05) is 11.5 Å². The van der Waals surface area contributed by atoms with Crippen LogP contribution in [0.15, 0.2) is 47.4 Å². The van der Waals surface area contributed by atoms with E-state index in [-0.39, 0.29) is 40.8 Å². The summed E-state index contributed by atoms with van der Waals surface area (Å²) in [5.41, 5.74) is 12.8. The van der Waals surface area contributed by atoms with Crippen LogP contribution >= 0.6 is 0 Å². The minimum absolute atomic E-state index is 0. The summed E-state index contributed by atoms with van der Waals surface area (Å²) in [6.07, 6.45) is 3.14. The first-order chi connectivity index (χ1) is 9.39. The van der Waals surface area contributed by atoms with E-state index >= 15 is 0 Å². The molecule has 0 aliphatic carbocycles. The van der Waals surface area contributed by atoms with Crippen LogP contribution in [0.3, 0.4) is 0 Å². The van der Waals surface area contributed by atoms with Crippen LogP contribution in [0.25, 0.3) is 12.2 Å². The van der Waals surface area contributed by atoms with E-state index in [9.17, 15) is 13.0 Å². The molecule has 0 aliphatic rings. The average molecular weight is 312 g/mol. The normalized spacial score (nSPS) is 11.3. The Hall–Kier alpha value is -1.31. The summed E-state index contributed by atoms with van der Waals surface area (Å²) in [5, 5.41) is 0. The molecule has 5 nitrogen and oxygen atoms in total. The Morgan fingerprint density at radius 2 is 1.38 bits per heavy atom. The van der Waals surface area contributed by atoms with Crippen molar-refractivity contribution in [1.29, 1.82) is 0 Å². The smallest absolute Gasteiger partial charge is 0.744 e. The third kappa shape index (κ3) is 4.33. The molecule has 0 aromatic heterocycles. The number of benzene rings is 2. The van der Waals surface area contributed by atoms with Crippen molar-refractivity contribution >= 4 is 33.6 Å². The molecule has 0 amide bonds. The van der Waals surface area contributed by atoms with Gasteiger partial charge in [0.1, 0.15) is 10.1 Å². The van der Waals surface area contributed by atoms with Gasteiger partial charge in [-0.1, -0.05) is 42.5 Å². The maximum absolute atomic E-state index is 11.3. The SMILES string of the molecule is Nc1ccccc1/C=C/c1cccc(N)c1S(=O)(=O)[O-].[Na+]. The van der Waals surface area contributed by atoms with Crippen LogP contribution in [0.1, 0.15) is 11.1 Å². The molecule has 0 saturated carbocycles. The Morgan fingerprint density at radius 1 is 0.857 bits per heavy atom. The molecule has 0 spiro atoms. The Kier molecular flexibility index (Phi) is 6.00. The zero-order chi connectivity index (χ0) is 14.8. The van der Waals surface area contributed by atoms with Crippen LogP contribution in [0.2, 0.25) is 0 Å². The van der Waals surface area contributed by atoms with Gasteiger partial charge in [-0.3, -0.25) is 0 Å². The first-order valence-electron chi connectivity index (χ1n) is 5.76. The topological polar surface area (TPSA) is 109 Å². The molecule has 0 aliphatic heterocycles. The van der Waals surface area contributed by atoms with E-state index in [2.05, 4.69) is 0 Å². The molecule has 0 heterocycles. The van der Waals surface area contributed by atoms with E-state index in [1.807, 2.05) is 0 Å². The fourth-order valence-electron chi connectivity index (χ4n) is 1.84. The Labute approximate surface area is 145 Å². The molecule has 0 unspecified atom stereocenters. The van der Waals surface area contributed by atoms with Gasteiger partial charge in [0.15, 0.2) is 0 Å². The molecule has 0 fully saturated rings. The van der Waals surface area contributed by atoms with Gasteiger partial charge in [-0.15, -0.1) is 0 Å². The zero-order valence-corrected chi connectivity index (χ0v) is 14.3. The molecule has 2 rings (SSSR count). The van der Waals surface area contributed by atoms with E-state index in [4.69, 9.17) is 11.5 Å². The van der Waals surface area contributed by atoms with Crippen molar-refractivity contribution < 1.29 is 42.5 Å². The minimum Gasteiger partial charge on any atom is -0.744 e. The average Bonchev–Trinajstić information content (AvgIpc) is 2.36. The summed E-state index contributed by atoms with van der Waals surface area (Å²) >= 11 is 0. The molecule has 7 heteroatoms. The van der Waals surface area contributed by atoms with Crippen molar-refractivity contribution in [2.24, 2.45) is 0 Å². The Morgan fingerprint density at radius 3 is 2.00 bits per heavy atom. The fourth-order valence-corrected chi connectivity index (χ4v) is 2.62. The first kappa shape index (κ1) is 17.7. The largest absolute Gasteiger partial charge is 1.00 e. The second kappa shape index (κ2) is 7.11. The summed E-state index contributed by atoms with van der Waals surface area (Å²) in [6.45, 7) is 0. The summed E-state index contributed by atoms with van der Waals surface area (Å²) in [6, 6.07) is 11.6. The Bertz CT molecular complexity index is 774. The van der Waals surface area contributed by atoms with Crippen LogP contribution in [-0.4, -0.2) is 13.0 Å². The van der Waals surface area contributed by atoms with Gasteiger partial charge in [-0.2, -0.15) is 0 Å². The second-order valence-electron chi connectivity index (χ2n) is 4.18. The minimum atomic E-state index is -4.64. The van der Waals surface area contributed by atoms with E-state index in [1.54, 1.807) is 36.4 Å². The van der Waals surface area contributed by atoms with Crippen molar-refractivity contribution in [1.82, 2.24) is 0 Å². The number of hydrogen-bond acceptors (Lipinski definition) is 5. The number of rotatable bonds is 3. The molecule has 0 radical (unpaired) electrons. The second-order valence-corrected chi connectivity index (χ2v) is 5.50. The number of anilines is 2. The van der Waals surface area contributed by atoms with Crippen LogP contribution in [0.5, 0.6) is 0 Å². The fraction of sp³-hybridized carbons (Fsp3) is 0. The van der Waals surface area contributed by atoms with Gasteiger partial charge in [0.05, 0.1) is 4.90 Å². The first-order valence-corrected chi connectivity index (χ1v) is 7.17. The summed E-state index contributed by atoms with van der Waals surface area (Å²) in [5.74, 6) is 0. The van der Waals surface area contributed by atoms with Gasteiger partial charge >= 0.3 is 29.6 Å². The number of nitrogens with two attached hydrogens (primary N) is 2. The van der Waals surface area contributed by atoms with E-state index in [0.717, 1.165) is 5.56 Å². The van der Waals surface area contributed by atoms with E-state index < -0.39 is 15.0 Å². The summed E-state index contributed by atoms with van der Waals surface area (Å²) < 4.78 is 33.8. The summed E-state index contributed by atoms with van der Waals surface area (Å²) in [7, 11) is -4.64. The quantitative estimate of drug-likeness (QED) is 0.325. The van der Waals surface area contributed by atoms with Crippen LogP contribution < -0.4 is 41.0 Å². The number of para-hydroxylation sites is 1. The molecule has 21 heavy (non-hydrogen) atoms. The van der Waals surface area contributed by atoms with E-state index in [0.29, 0.717) is 5.69 Å².